The third-order valence-electron chi connectivity index (χ3n) is 4.72. The summed E-state index contributed by atoms with van der Waals surface area (Å²) in [6.45, 7) is 0. The number of rotatable bonds is 4. The molecular weight excluding hydrogens is 326 g/mol. The highest BCUT2D eigenvalue weighted by atomic mass is 16.1. The van der Waals surface area contributed by atoms with Crippen molar-refractivity contribution in [2.24, 2.45) is 0 Å². The lowest BCUT2D eigenvalue weighted by Crippen LogP contribution is -2.31. The van der Waals surface area contributed by atoms with Gasteiger partial charge in [0.05, 0.1) is 5.69 Å². The van der Waals surface area contributed by atoms with E-state index in [1.807, 2.05) is 30.6 Å². The van der Waals surface area contributed by atoms with Gasteiger partial charge in [-0.3, -0.25) is 14.8 Å². The van der Waals surface area contributed by atoms with Crippen LogP contribution < -0.4 is 5.73 Å². The van der Waals surface area contributed by atoms with Gasteiger partial charge in [-0.15, -0.1) is 0 Å². The van der Waals surface area contributed by atoms with Gasteiger partial charge >= 0.3 is 0 Å². The molecule has 1 aliphatic carbocycles. The second-order valence-electron chi connectivity index (χ2n) is 6.13. The monoisotopic (exact) mass is 343 g/mol. The quantitative estimate of drug-likeness (QED) is 0.581. The zero-order valence-corrected chi connectivity index (χ0v) is 14.0. The molecule has 4 rings (SSSR count). The van der Waals surface area contributed by atoms with Crippen LogP contribution in [0.1, 0.15) is 22.4 Å². The largest absolute Gasteiger partial charge is 0.382 e. The zero-order valence-electron chi connectivity index (χ0n) is 14.0. The molecule has 3 aromatic heterocycles. The van der Waals surface area contributed by atoms with Crippen molar-refractivity contribution >= 4 is 24.4 Å². The Morgan fingerprint density at radius 1 is 1.12 bits per heavy atom. The molecule has 6 nitrogen and oxygen atoms in total. The van der Waals surface area contributed by atoms with Crippen LogP contribution in [0.4, 0.5) is 5.82 Å². The Balaban J connectivity index is 1.92. The van der Waals surface area contributed by atoms with Gasteiger partial charge < -0.3 is 5.73 Å². The average Bonchev–Trinajstić information content (AvgIpc) is 3.02. The molecule has 0 saturated heterocycles. The van der Waals surface area contributed by atoms with E-state index in [0.717, 1.165) is 28.7 Å². The van der Waals surface area contributed by atoms with Gasteiger partial charge in [0.2, 0.25) is 0 Å². The number of aromatic nitrogens is 4. The minimum absolute atomic E-state index is 0.436. The molecular formula is C20H17N5O. The number of pyridine rings is 2. The number of hydrogen-bond acceptors (Lipinski definition) is 5. The van der Waals surface area contributed by atoms with Crippen LogP contribution in [0.25, 0.3) is 12.3 Å². The van der Waals surface area contributed by atoms with E-state index in [1.165, 1.54) is 6.08 Å². The minimum atomic E-state index is -0.436. The number of anilines is 1. The third kappa shape index (κ3) is 2.52. The minimum Gasteiger partial charge on any atom is -0.382 e. The second kappa shape index (κ2) is 6.40. The van der Waals surface area contributed by atoms with Crippen molar-refractivity contribution in [3.05, 3.63) is 83.6 Å². The summed E-state index contributed by atoms with van der Waals surface area (Å²) in [6.07, 6.45) is 15.8. The molecule has 0 aliphatic heterocycles. The van der Waals surface area contributed by atoms with Crippen LogP contribution in [0.15, 0.2) is 61.2 Å². The molecule has 0 spiro atoms. The topological polar surface area (TPSA) is 86.7 Å². The van der Waals surface area contributed by atoms with E-state index in [-0.39, 0.29) is 0 Å². The summed E-state index contributed by atoms with van der Waals surface area (Å²) in [6, 6.07) is 7.96. The van der Waals surface area contributed by atoms with Gasteiger partial charge in [-0.25, -0.2) is 4.68 Å². The van der Waals surface area contributed by atoms with Crippen LogP contribution in [0.3, 0.4) is 0 Å². The summed E-state index contributed by atoms with van der Waals surface area (Å²) < 4.78 is 1.67. The number of carbonyl (C=O) groups is 1. The Labute approximate surface area is 150 Å². The molecule has 6 heteroatoms. The first-order valence-corrected chi connectivity index (χ1v) is 8.24. The first-order chi connectivity index (χ1) is 12.7. The molecule has 3 heterocycles. The van der Waals surface area contributed by atoms with Crippen molar-refractivity contribution in [3.8, 4) is 0 Å². The fraction of sp³-hybridized carbons (Fsp3) is 0.100. The molecule has 1 aliphatic rings. The van der Waals surface area contributed by atoms with E-state index in [2.05, 4.69) is 33.3 Å². The van der Waals surface area contributed by atoms with E-state index in [4.69, 9.17) is 5.73 Å². The first-order valence-electron chi connectivity index (χ1n) is 8.24. The lowest BCUT2D eigenvalue weighted by Gasteiger charge is -2.34. The molecule has 0 atom stereocenters. The molecule has 0 unspecified atom stereocenters. The number of nitrogens with zero attached hydrogens (tertiary/aromatic N) is 4. The normalized spacial score (nSPS) is 15.1. The number of hydrogen-bond donors (Lipinski definition) is 1. The Morgan fingerprint density at radius 2 is 1.81 bits per heavy atom. The summed E-state index contributed by atoms with van der Waals surface area (Å²) in [5.74, 6) is 0.442. The van der Waals surface area contributed by atoms with Crippen molar-refractivity contribution in [1.29, 1.82) is 0 Å². The predicted molar refractivity (Wildman–Crippen MR) is 100 cm³/mol. The highest BCUT2D eigenvalue weighted by Crippen LogP contribution is 2.42. The van der Waals surface area contributed by atoms with Crippen molar-refractivity contribution < 1.29 is 4.79 Å². The Bertz CT molecular complexity index is 950. The van der Waals surface area contributed by atoms with E-state index < -0.39 is 5.41 Å². The number of fused-ring (bicyclic) bond motifs is 1. The molecule has 0 radical (unpaired) electrons. The summed E-state index contributed by atoms with van der Waals surface area (Å²) in [7, 11) is 0. The molecule has 0 saturated carbocycles. The van der Waals surface area contributed by atoms with E-state index in [9.17, 15) is 4.79 Å². The summed E-state index contributed by atoms with van der Waals surface area (Å²) in [4.78, 5) is 19.3. The zero-order chi connectivity index (χ0) is 18.0. The number of nitrogen functional groups attached to an aromatic ring is 1. The van der Waals surface area contributed by atoms with Crippen molar-refractivity contribution in [1.82, 2.24) is 19.7 Å². The number of allylic oxidation sites excluding steroid dienone is 2. The summed E-state index contributed by atoms with van der Waals surface area (Å²) in [5, 5.41) is 4.35. The predicted octanol–water partition coefficient (Wildman–Crippen LogP) is 2.48. The van der Waals surface area contributed by atoms with E-state index >= 15 is 0 Å². The van der Waals surface area contributed by atoms with E-state index in [0.29, 0.717) is 12.2 Å². The van der Waals surface area contributed by atoms with Crippen LogP contribution in [-0.4, -0.2) is 26.0 Å². The SMILES string of the molecule is Nc1nn(C=CC=O)c2c1C=CC(c1cccnc1)(c1cccnc1)C2. The number of aldehydes is 1. The molecule has 0 amide bonds. The number of carbonyl (C=O) groups excluding carboxylic acids is 1. The van der Waals surface area contributed by atoms with Crippen molar-refractivity contribution in [2.45, 2.75) is 11.8 Å². The van der Waals surface area contributed by atoms with Crippen LogP contribution in [-0.2, 0) is 16.6 Å². The van der Waals surface area contributed by atoms with Crippen molar-refractivity contribution in [2.75, 3.05) is 5.73 Å². The van der Waals surface area contributed by atoms with Gasteiger partial charge in [0.1, 0.15) is 6.29 Å². The van der Waals surface area contributed by atoms with Gasteiger partial charge in [-0.2, -0.15) is 5.10 Å². The van der Waals surface area contributed by atoms with Crippen LogP contribution in [0.2, 0.25) is 0 Å². The van der Waals surface area contributed by atoms with Gasteiger partial charge in [0.25, 0.3) is 0 Å². The lowest BCUT2D eigenvalue weighted by atomic mass is 9.69. The Morgan fingerprint density at radius 3 is 2.38 bits per heavy atom. The van der Waals surface area contributed by atoms with Gasteiger partial charge in [0, 0.05) is 48.4 Å². The molecule has 2 N–H and O–H groups in total. The fourth-order valence-electron chi connectivity index (χ4n) is 3.46. The van der Waals surface area contributed by atoms with Crippen LogP contribution in [0, 0.1) is 0 Å². The highest BCUT2D eigenvalue weighted by molar-refractivity contribution is 5.73. The smallest absolute Gasteiger partial charge is 0.153 e. The summed E-state index contributed by atoms with van der Waals surface area (Å²) in [5.41, 5.74) is 9.57. The average molecular weight is 343 g/mol. The van der Waals surface area contributed by atoms with Gasteiger partial charge in [-0.1, -0.05) is 24.3 Å². The molecule has 3 aromatic rings. The first kappa shape index (κ1) is 16.0. The molecule has 0 aromatic carbocycles. The number of nitrogens with two attached hydrogens (primary N) is 1. The third-order valence-corrected chi connectivity index (χ3v) is 4.72. The molecule has 26 heavy (non-hydrogen) atoms. The maximum Gasteiger partial charge on any atom is 0.153 e. The standard InChI is InChI=1S/C20H17N5O/c21-19-17-6-7-20(15-4-1-8-22-13-15,16-5-2-9-23-14-16)12-18(17)25(24-19)10-3-11-26/h1-11,13-14H,12H2,(H2,21,24). The Kier molecular flexibility index (Phi) is 3.93. The van der Waals surface area contributed by atoms with E-state index in [1.54, 1.807) is 23.3 Å². The van der Waals surface area contributed by atoms with Crippen molar-refractivity contribution in [3.63, 3.8) is 0 Å². The Hall–Kier alpha value is -3.54. The maximum absolute atomic E-state index is 10.7. The van der Waals surface area contributed by atoms with Gasteiger partial charge in [-0.05, 0) is 29.3 Å². The maximum atomic E-state index is 10.7. The van der Waals surface area contributed by atoms with Crippen LogP contribution in [0.5, 0.6) is 0 Å². The molecule has 0 bridgehead atoms. The van der Waals surface area contributed by atoms with Gasteiger partial charge in [0.15, 0.2) is 5.82 Å². The molecule has 128 valence electrons. The molecule has 0 fully saturated rings. The fourth-order valence-corrected chi connectivity index (χ4v) is 3.46. The van der Waals surface area contributed by atoms with Crippen LogP contribution >= 0.6 is 0 Å². The lowest BCUT2D eigenvalue weighted by molar-refractivity contribution is -0.104. The summed E-state index contributed by atoms with van der Waals surface area (Å²) >= 11 is 0. The highest BCUT2D eigenvalue weighted by Gasteiger charge is 2.37. The second-order valence-corrected chi connectivity index (χ2v) is 6.13.